The van der Waals surface area contributed by atoms with Gasteiger partial charge in [-0.1, -0.05) is 13.8 Å². The number of benzene rings is 1. The quantitative estimate of drug-likeness (QED) is 0.750. The number of hydrogen-bond acceptors (Lipinski definition) is 4. The second-order valence-electron chi connectivity index (χ2n) is 5.86. The van der Waals surface area contributed by atoms with Crippen molar-refractivity contribution in [2.45, 2.75) is 27.3 Å². The predicted octanol–water partition coefficient (Wildman–Crippen LogP) is 2.75. The summed E-state index contributed by atoms with van der Waals surface area (Å²) in [5.41, 5.74) is -1.83. The normalized spacial score (nSPS) is 11.3. The summed E-state index contributed by atoms with van der Waals surface area (Å²) in [6, 6.07) is 0.902. The Bertz CT molecular complexity index is 876. The summed E-state index contributed by atoms with van der Waals surface area (Å²) in [5.74, 6) is -3.24. The van der Waals surface area contributed by atoms with Crippen LogP contribution in [0, 0.1) is 11.6 Å². The minimum atomic E-state index is -1.43. The third kappa shape index (κ3) is 3.70. The topological polar surface area (TPSA) is 74.6 Å². The van der Waals surface area contributed by atoms with Crippen LogP contribution in [0.3, 0.4) is 0 Å². The Hall–Kier alpha value is -2.48. The Morgan fingerprint density at radius 1 is 1.27 bits per heavy atom. The lowest BCUT2D eigenvalue weighted by molar-refractivity contribution is 0.0695. The van der Waals surface area contributed by atoms with E-state index in [0.717, 1.165) is 25.4 Å². The Morgan fingerprint density at radius 3 is 2.46 bits per heavy atom. The molecule has 2 aromatic rings. The van der Waals surface area contributed by atoms with Crippen LogP contribution in [-0.2, 0) is 6.54 Å². The summed E-state index contributed by atoms with van der Waals surface area (Å²) in [6.07, 6.45) is 1.09. The number of aryl methyl sites for hydroxylation is 1. The van der Waals surface area contributed by atoms with Crippen LogP contribution in [0.2, 0.25) is 0 Å². The van der Waals surface area contributed by atoms with E-state index >= 15 is 0 Å². The number of hydrogen-bond donors (Lipinski definition) is 2. The van der Waals surface area contributed by atoms with E-state index in [1.54, 1.807) is 6.92 Å². The lowest BCUT2D eigenvalue weighted by Gasteiger charge is -2.19. The number of likely N-dealkylation sites (N-methyl/N-ethyl adjacent to an activating group) is 1. The van der Waals surface area contributed by atoms with E-state index in [0.29, 0.717) is 13.1 Å². The average molecular weight is 367 g/mol. The number of pyridine rings is 1. The first-order chi connectivity index (χ1) is 12.3. The van der Waals surface area contributed by atoms with Crippen molar-refractivity contribution in [2.75, 3.05) is 31.5 Å². The highest BCUT2D eigenvalue weighted by molar-refractivity contribution is 5.93. The van der Waals surface area contributed by atoms with Gasteiger partial charge in [-0.05, 0) is 26.1 Å². The van der Waals surface area contributed by atoms with Crippen LogP contribution in [0.15, 0.2) is 17.1 Å². The average Bonchev–Trinajstić information content (AvgIpc) is 2.61. The van der Waals surface area contributed by atoms with E-state index in [1.807, 2.05) is 13.8 Å². The molecule has 0 spiro atoms. The van der Waals surface area contributed by atoms with E-state index in [-0.39, 0.29) is 23.1 Å². The van der Waals surface area contributed by atoms with Gasteiger partial charge in [0.25, 0.3) is 0 Å². The maximum atomic E-state index is 15.0. The monoisotopic (exact) mass is 367 g/mol. The highest BCUT2D eigenvalue weighted by Gasteiger charge is 2.21. The third-order valence-electron chi connectivity index (χ3n) is 4.45. The lowest BCUT2D eigenvalue weighted by atomic mass is 10.1. The first-order valence-electron chi connectivity index (χ1n) is 8.60. The molecule has 26 heavy (non-hydrogen) atoms. The second-order valence-corrected chi connectivity index (χ2v) is 5.86. The van der Waals surface area contributed by atoms with Crippen molar-refractivity contribution in [3.8, 4) is 0 Å². The first kappa shape index (κ1) is 19.8. The first-order valence-corrected chi connectivity index (χ1v) is 8.60. The number of carboxylic acid groups (broad SMARTS) is 1. The minimum absolute atomic E-state index is 0.103. The fourth-order valence-electron chi connectivity index (χ4n) is 2.93. The number of aromatic carboxylic acids is 1. The lowest BCUT2D eigenvalue weighted by Crippen LogP contribution is -2.29. The van der Waals surface area contributed by atoms with Gasteiger partial charge in [0.05, 0.1) is 10.9 Å². The maximum Gasteiger partial charge on any atom is 0.341 e. The number of carbonyl (C=O) groups is 1. The van der Waals surface area contributed by atoms with Crippen molar-refractivity contribution in [3.63, 3.8) is 0 Å². The molecule has 0 fully saturated rings. The Labute approximate surface area is 150 Å². The van der Waals surface area contributed by atoms with Gasteiger partial charge in [0, 0.05) is 25.8 Å². The SMILES string of the molecule is CCN(CC)CCNc1c(F)cc2c(=O)c(C(=O)O)cn(CC)c2c1F. The van der Waals surface area contributed by atoms with Crippen molar-refractivity contribution < 1.29 is 18.7 Å². The van der Waals surface area contributed by atoms with Gasteiger partial charge in [0.15, 0.2) is 5.82 Å². The standard InChI is InChI=1S/C18H23F2N3O3/c1-4-22(5-2)8-7-21-15-13(19)9-11-16(14(15)20)23(6-3)10-12(17(11)24)18(25)26/h9-10,21H,4-8H2,1-3H3,(H,25,26). The van der Waals surface area contributed by atoms with Gasteiger partial charge in [0.2, 0.25) is 5.43 Å². The van der Waals surface area contributed by atoms with Crippen LogP contribution < -0.4 is 10.7 Å². The van der Waals surface area contributed by atoms with Gasteiger partial charge in [-0.3, -0.25) is 4.79 Å². The molecule has 0 aliphatic rings. The van der Waals surface area contributed by atoms with Crippen molar-refractivity contribution in [2.24, 2.45) is 0 Å². The molecule has 142 valence electrons. The second kappa shape index (κ2) is 8.27. The number of aromatic nitrogens is 1. The maximum absolute atomic E-state index is 15.0. The van der Waals surface area contributed by atoms with Crippen molar-refractivity contribution in [3.05, 3.63) is 39.7 Å². The van der Waals surface area contributed by atoms with E-state index < -0.39 is 28.6 Å². The summed E-state index contributed by atoms with van der Waals surface area (Å²) in [7, 11) is 0. The van der Waals surface area contributed by atoms with Crippen molar-refractivity contribution in [1.82, 2.24) is 9.47 Å². The summed E-state index contributed by atoms with van der Waals surface area (Å²) in [4.78, 5) is 25.6. The summed E-state index contributed by atoms with van der Waals surface area (Å²) in [5, 5.41) is 11.6. The molecule has 2 rings (SSSR count). The fraction of sp³-hybridized carbons (Fsp3) is 0.444. The molecule has 0 amide bonds. The number of nitrogens with one attached hydrogen (secondary N) is 1. The molecule has 2 N–H and O–H groups in total. The molecule has 0 bridgehead atoms. The van der Waals surface area contributed by atoms with E-state index in [9.17, 15) is 18.4 Å². The zero-order valence-electron chi connectivity index (χ0n) is 15.1. The fourth-order valence-corrected chi connectivity index (χ4v) is 2.93. The van der Waals surface area contributed by atoms with Crippen LogP contribution in [0.25, 0.3) is 10.9 Å². The largest absolute Gasteiger partial charge is 0.477 e. The smallest absolute Gasteiger partial charge is 0.341 e. The molecular formula is C18H23F2N3O3. The molecule has 0 aliphatic heterocycles. The van der Waals surface area contributed by atoms with Gasteiger partial charge in [-0.15, -0.1) is 0 Å². The van der Waals surface area contributed by atoms with Crippen LogP contribution in [0.1, 0.15) is 31.1 Å². The van der Waals surface area contributed by atoms with E-state index in [4.69, 9.17) is 5.11 Å². The molecule has 0 unspecified atom stereocenters. The van der Waals surface area contributed by atoms with Gasteiger partial charge >= 0.3 is 5.97 Å². The van der Waals surface area contributed by atoms with E-state index in [2.05, 4.69) is 10.2 Å². The number of anilines is 1. The van der Waals surface area contributed by atoms with Gasteiger partial charge in [-0.2, -0.15) is 0 Å². The van der Waals surface area contributed by atoms with Crippen LogP contribution in [0.4, 0.5) is 14.5 Å². The third-order valence-corrected chi connectivity index (χ3v) is 4.45. The zero-order chi connectivity index (χ0) is 19.4. The van der Waals surface area contributed by atoms with E-state index in [1.165, 1.54) is 4.57 Å². The number of fused-ring (bicyclic) bond motifs is 1. The molecule has 1 aromatic heterocycles. The molecule has 1 heterocycles. The predicted molar refractivity (Wildman–Crippen MR) is 97.0 cm³/mol. The highest BCUT2D eigenvalue weighted by atomic mass is 19.1. The molecule has 0 saturated carbocycles. The molecule has 0 atom stereocenters. The summed E-state index contributed by atoms with van der Waals surface area (Å²) < 4.78 is 30.7. The van der Waals surface area contributed by atoms with Gasteiger partial charge < -0.3 is 19.9 Å². The van der Waals surface area contributed by atoms with Crippen LogP contribution >= 0.6 is 0 Å². The Morgan fingerprint density at radius 2 is 1.92 bits per heavy atom. The minimum Gasteiger partial charge on any atom is -0.477 e. The van der Waals surface area contributed by atoms with Crippen LogP contribution in [-0.4, -0.2) is 46.7 Å². The molecule has 0 saturated heterocycles. The number of carboxylic acids is 1. The number of nitrogens with zero attached hydrogens (tertiary/aromatic N) is 2. The molecule has 8 heteroatoms. The van der Waals surface area contributed by atoms with Gasteiger partial charge in [-0.25, -0.2) is 13.6 Å². The Balaban J connectivity index is 2.53. The number of halogens is 2. The highest BCUT2D eigenvalue weighted by Crippen LogP contribution is 2.27. The van der Waals surface area contributed by atoms with Crippen molar-refractivity contribution in [1.29, 1.82) is 0 Å². The molecule has 0 radical (unpaired) electrons. The van der Waals surface area contributed by atoms with Crippen molar-refractivity contribution >= 4 is 22.6 Å². The molecular weight excluding hydrogens is 344 g/mol. The summed E-state index contributed by atoms with van der Waals surface area (Å²) in [6.45, 7) is 8.53. The van der Waals surface area contributed by atoms with Crippen LogP contribution in [0.5, 0.6) is 0 Å². The molecule has 6 nitrogen and oxygen atoms in total. The number of rotatable bonds is 8. The zero-order valence-corrected chi connectivity index (χ0v) is 15.1. The van der Waals surface area contributed by atoms with Gasteiger partial charge in [0.1, 0.15) is 17.1 Å². The summed E-state index contributed by atoms with van der Waals surface area (Å²) >= 11 is 0. The Kier molecular flexibility index (Phi) is 6.31. The molecule has 0 aliphatic carbocycles. The molecule has 1 aromatic carbocycles.